The molecule has 8 heteroatoms. The average molecular weight is 425 g/mol. The third kappa shape index (κ3) is 5.54. The van der Waals surface area contributed by atoms with Crippen molar-refractivity contribution >= 4 is 33.2 Å². The van der Waals surface area contributed by atoms with E-state index in [-0.39, 0.29) is 23.4 Å². The first-order valence-electron chi connectivity index (χ1n) is 9.27. The van der Waals surface area contributed by atoms with Crippen LogP contribution in [0.25, 0.3) is 0 Å². The van der Waals surface area contributed by atoms with Crippen LogP contribution in [0, 0.1) is 0 Å². The number of carbonyl (C=O) groups is 1. The molecule has 2 aromatic carbocycles. The number of hydrogen-bond acceptors (Lipinski definition) is 3. The molecule has 0 unspecified atom stereocenters. The van der Waals surface area contributed by atoms with E-state index < -0.39 is 10.0 Å². The van der Waals surface area contributed by atoms with E-state index in [4.69, 9.17) is 11.6 Å². The first-order valence-corrected chi connectivity index (χ1v) is 11.1. The smallest absolute Gasteiger partial charge is 0.279 e. The maximum atomic E-state index is 12.6. The molecule has 0 heterocycles. The monoisotopic (exact) mass is 424 g/mol. The fraction of sp³-hybridized carbons (Fsp3) is 0.350. The molecular formula is C20H27ClN3O3S+. The van der Waals surface area contributed by atoms with E-state index in [0.29, 0.717) is 23.8 Å². The predicted octanol–water partition coefficient (Wildman–Crippen LogP) is 2.63. The minimum Gasteiger partial charge on any atom is -0.332 e. The number of rotatable bonds is 9. The van der Waals surface area contributed by atoms with Crippen molar-refractivity contribution in [2.24, 2.45) is 0 Å². The van der Waals surface area contributed by atoms with Crippen molar-refractivity contribution in [1.82, 2.24) is 4.31 Å². The normalized spacial score (nSPS) is 12.8. The van der Waals surface area contributed by atoms with Gasteiger partial charge in [-0.1, -0.05) is 49.7 Å². The van der Waals surface area contributed by atoms with Gasteiger partial charge in [0.05, 0.1) is 4.90 Å². The molecule has 152 valence electrons. The second-order valence-corrected chi connectivity index (χ2v) is 8.76. The highest BCUT2D eigenvalue weighted by Gasteiger charge is 2.22. The Hall–Kier alpha value is -1.93. The molecule has 28 heavy (non-hydrogen) atoms. The summed E-state index contributed by atoms with van der Waals surface area (Å²) in [5.41, 5.74) is 1.42. The molecule has 0 aliphatic carbocycles. The summed E-state index contributed by atoms with van der Waals surface area (Å²) in [6, 6.07) is 13.9. The van der Waals surface area contributed by atoms with Crippen molar-refractivity contribution in [3.63, 3.8) is 0 Å². The van der Waals surface area contributed by atoms with Crippen LogP contribution in [0.2, 0.25) is 5.02 Å². The van der Waals surface area contributed by atoms with Crippen molar-refractivity contribution in [2.75, 3.05) is 25.0 Å². The van der Waals surface area contributed by atoms with Gasteiger partial charge in [-0.15, -0.1) is 0 Å². The Kier molecular flexibility index (Phi) is 8.00. The van der Waals surface area contributed by atoms with Gasteiger partial charge < -0.3 is 10.6 Å². The maximum absolute atomic E-state index is 12.6. The molecule has 0 aromatic heterocycles. The molecule has 0 fully saturated rings. The van der Waals surface area contributed by atoms with Gasteiger partial charge in [0.1, 0.15) is 6.04 Å². The fourth-order valence-corrected chi connectivity index (χ4v) is 4.73. The van der Waals surface area contributed by atoms with Crippen LogP contribution in [0.3, 0.4) is 0 Å². The SMILES string of the molecule is CCN(CC)S(=O)(=O)c1cccc(NC(=O)C[NH2+][C@@H](C)c2ccccc2Cl)c1. The molecule has 0 saturated heterocycles. The van der Waals surface area contributed by atoms with Crippen LogP contribution < -0.4 is 10.6 Å². The molecule has 2 rings (SSSR count). The highest BCUT2D eigenvalue weighted by atomic mass is 35.5. The topological polar surface area (TPSA) is 83.1 Å². The highest BCUT2D eigenvalue weighted by Crippen LogP contribution is 2.20. The Morgan fingerprint density at radius 2 is 1.82 bits per heavy atom. The number of quaternary nitrogens is 1. The van der Waals surface area contributed by atoms with E-state index in [2.05, 4.69) is 5.32 Å². The lowest BCUT2D eigenvalue weighted by molar-refractivity contribution is -0.682. The van der Waals surface area contributed by atoms with Crippen LogP contribution in [-0.2, 0) is 14.8 Å². The Balaban J connectivity index is 2.02. The molecular weight excluding hydrogens is 398 g/mol. The zero-order valence-electron chi connectivity index (χ0n) is 16.4. The number of carbonyl (C=O) groups excluding carboxylic acids is 1. The quantitative estimate of drug-likeness (QED) is 0.649. The third-order valence-electron chi connectivity index (χ3n) is 4.51. The molecule has 1 atom stereocenters. The van der Waals surface area contributed by atoms with Gasteiger partial charge in [0, 0.05) is 29.4 Å². The number of amides is 1. The van der Waals surface area contributed by atoms with Crippen LogP contribution in [-0.4, -0.2) is 38.3 Å². The van der Waals surface area contributed by atoms with Gasteiger partial charge in [-0.25, -0.2) is 8.42 Å². The standard InChI is InChI=1S/C20H26ClN3O3S/c1-4-24(5-2)28(26,27)17-10-8-9-16(13-17)23-20(25)14-22-15(3)18-11-6-7-12-19(18)21/h6-13,15,22H,4-5,14H2,1-3H3,(H,23,25)/p+1/t15-/m0/s1. The number of anilines is 1. The summed E-state index contributed by atoms with van der Waals surface area (Å²) in [4.78, 5) is 12.5. The molecule has 0 bridgehead atoms. The van der Waals surface area contributed by atoms with E-state index in [1.54, 1.807) is 26.0 Å². The summed E-state index contributed by atoms with van der Waals surface area (Å²) in [5.74, 6) is -0.212. The van der Waals surface area contributed by atoms with E-state index >= 15 is 0 Å². The van der Waals surface area contributed by atoms with Crippen molar-refractivity contribution in [1.29, 1.82) is 0 Å². The lowest BCUT2D eigenvalue weighted by Crippen LogP contribution is -2.86. The van der Waals surface area contributed by atoms with Crippen LogP contribution in [0.15, 0.2) is 53.4 Å². The van der Waals surface area contributed by atoms with Gasteiger partial charge in [0.25, 0.3) is 5.91 Å². The number of hydrogen-bond donors (Lipinski definition) is 2. The zero-order chi connectivity index (χ0) is 20.7. The van der Waals surface area contributed by atoms with Crippen molar-refractivity contribution in [2.45, 2.75) is 31.7 Å². The molecule has 6 nitrogen and oxygen atoms in total. The van der Waals surface area contributed by atoms with Crippen LogP contribution in [0.5, 0.6) is 0 Å². The lowest BCUT2D eigenvalue weighted by atomic mass is 10.1. The Morgan fingerprint density at radius 3 is 2.46 bits per heavy atom. The average Bonchev–Trinajstić information content (AvgIpc) is 2.67. The Bertz CT molecular complexity index is 914. The highest BCUT2D eigenvalue weighted by molar-refractivity contribution is 7.89. The van der Waals surface area contributed by atoms with Gasteiger partial charge in [-0.3, -0.25) is 4.79 Å². The predicted molar refractivity (Wildman–Crippen MR) is 112 cm³/mol. The first-order chi connectivity index (χ1) is 13.3. The van der Waals surface area contributed by atoms with Gasteiger partial charge in [-0.05, 0) is 31.2 Å². The number of nitrogens with zero attached hydrogens (tertiary/aromatic N) is 1. The van der Waals surface area contributed by atoms with Gasteiger partial charge in [-0.2, -0.15) is 4.31 Å². The second kappa shape index (κ2) is 10.0. The van der Waals surface area contributed by atoms with E-state index in [1.807, 2.05) is 36.5 Å². The minimum atomic E-state index is -3.57. The van der Waals surface area contributed by atoms with Crippen molar-refractivity contribution < 1.29 is 18.5 Å². The number of halogens is 1. The van der Waals surface area contributed by atoms with Crippen molar-refractivity contribution in [3.8, 4) is 0 Å². The van der Waals surface area contributed by atoms with Crippen molar-refractivity contribution in [3.05, 3.63) is 59.1 Å². The number of benzene rings is 2. The third-order valence-corrected chi connectivity index (χ3v) is 6.90. The maximum Gasteiger partial charge on any atom is 0.279 e. The summed E-state index contributed by atoms with van der Waals surface area (Å²) >= 11 is 6.19. The summed E-state index contributed by atoms with van der Waals surface area (Å²) in [6.07, 6.45) is 0. The molecule has 3 N–H and O–H groups in total. The van der Waals surface area contributed by atoms with Crippen LogP contribution >= 0.6 is 11.6 Å². The molecule has 0 saturated carbocycles. The zero-order valence-corrected chi connectivity index (χ0v) is 17.9. The second-order valence-electron chi connectivity index (χ2n) is 6.42. The number of nitrogens with two attached hydrogens (primary N) is 1. The van der Waals surface area contributed by atoms with E-state index in [0.717, 1.165) is 5.56 Å². The van der Waals surface area contributed by atoms with Gasteiger partial charge in [0.15, 0.2) is 6.54 Å². The summed E-state index contributed by atoms with van der Waals surface area (Å²) < 4.78 is 26.6. The minimum absolute atomic E-state index is 0.0221. The van der Waals surface area contributed by atoms with Crippen LogP contribution in [0.4, 0.5) is 5.69 Å². The summed E-state index contributed by atoms with van der Waals surface area (Å²) in [5, 5.41) is 5.31. The van der Waals surface area contributed by atoms with Crippen LogP contribution in [0.1, 0.15) is 32.4 Å². The molecule has 0 radical (unpaired) electrons. The molecule has 0 spiro atoms. The Morgan fingerprint density at radius 1 is 1.14 bits per heavy atom. The molecule has 1 amide bonds. The molecule has 2 aromatic rings. The van der Waals surface area contributed by atoms with E-state index in [1.165, 1.54) is 16.4 Å². The van der Waals surface area contributed by atoms with Gasteiger partial charge in [0.2, 0.25) is 10.0 Å². The largest absolute Gasteiger partial charge is 0.332 e. The number of nitrogens with one attached hydrogen (secondary N) is 1. The summed E-state index contributed by atoms with van der Waals surface area (Å²) in [6.45, 7) is 6.55. The number of sulfonamides is 1. The first kappa shape index (κ1) is 22.4. The summed E-state index contributed by atoms with van der Waals surface area (Å²) in [7, 11) is -3.57. The van der Waals surface area contributed by atoms with Gasteiger partial charge >= 0.3 is 0 Å². The fourth-order valence-electron chi connectivity index (χ4n) is 2.91. The van der Waals surface area contributed by atoms with E-state index in [9.17, 15) is 13.2 Å². The molecule has 0 aliphatic heterocycles. The molecule has 0 aliphatic rings. The lowest BCUT2D eigenvalue weighted by Gasteiger charge is -2.19. The Labute approximate surface area is 171 Å².